The van der Waals surface area contributed by atoms with Gasteiger partial charge in [0.05, 0.1) is 11.4 Å². The highest BCUT2D eigenvalue weighted by atomic mass is 35.5. The molecule has 4 aromatic carbocycles. The number of carbonyl (C=O) groups excluding carboxylic acids is 2. The molecule has 1 atom stereocenters. The van der Waals surface area contributed by atoms with E-state index in [1.165, 1.54) is 23.0 Å². The van der Waals surface area contributed by atoms with Gasteiger partial charge in [-0.2, -0.15) is 0 Å². The summed E-state index contributed by atoms with van der Waals surface area (Å²) in [6.45, 7) is 5.48. The summed E-state index contributed by atoms with van der Waals surface area (Å²) in [6.07, 6.45) is 3.27. The van der Waals surface area contributed by atoms with Crippen molar-refractivity contribution in [3.05, 3.63) is 95.3 Å². The van der Waals surface area contributed by atoms with E-state index in [0.29, 0.717) is 35.2 Å². The molecule has 0 fully saturated rings. The van der Waals surface area contributed by atoms with Gasteiger partial charge in [0, 0.05) is 74.0 Å². The number of halogens is 2. The summed E-state index contributed by atoms with van der Waals surface area (Å²) in [5.41, 5.74) is 5.04. The van der Waals surface area contributed by atoms with E-state index >= 15 is 0 Å². The number of phenolic OH excluding ortho intramolecular Hbond substituents is 2. The van der Waals surface area contributed by atoms with Crippen LogP contribution in [0, 0.1) is 0 Å². The number of alkyl halides is 2. The van der Waals surface area contributed by atoms with Crippen molar-refractivity contribution in [2.45, 2.75) is 26.2 Å². The van der Waals surface area contributed by atoms with Gasteiger partial charge in [-0.25, -0.2) is 0 Å². The molecule has 0 bridgehead atoms. The van der Waals surface area contributed by atoms with E-state index in [4.69, 9.17) is 11.6 Å². The molecule has 0 saturated carbocycles. The van der Waals surface area contributed by atoms with Crippen LogP contribution >= 0.6 is 23.2 Å². The Balaban J connectivity index is 0.000000205. The van der Waals surface area contributed by atoms with Gasteiger partial charge in [0.25, 0.3) is 5.91 Å². The van der Waals surface area contributed by atoms with Crippen molar-refractivity contribution in [2.24, 2.45) is 7.05 Å². The van der Waals surface area contributed by atoms with Gasteiger partial charge in [0.1, 0.15) is 17.2 Å². The summed E-state index contributed by atoms with van der Waals surface area (Å²) < 4.78 is 1.57. The topological polar surface area (TPSA) is 86.0 Å². The van der Waals surface area contributed by atoms with Crippen LogP contribution in [-0.2, 0) is 13.5 Å². The number of hydrogen-bond acceptors (Lipinski definition) is 5. The maximum Gasteiger partial charge on any atom is 0.274 e. The monoisotopic (exact) mass is 647 g/mol. The Kier molecular flexibility index (Phi) is 11.0. The first kappa shape index (κ1) is 33.7. The minimum atomic E-state index is -0.218. The summed E-state index contributed by atoms with van der Waals surface area (Å²) in [7, 11) is 3.75. The van der Waals surface area contributed by atoms with Crippen LogP contribution in [0.5, 0.6) is 11.5 Å². The molecule has 2 N–H and O–H groups in total. The number of amides is 1. The first-order valence-electron chi connectivity index (χ1n) is 14.9. The van der Waals surface area contributed by atoms with Gasteiger partial charge in [-0.15, -0.1) is 23.2 Å². The van der Waals surface area contributed by atoms with Crippen molar-refractivity contribution in [1.82, 2.24) is 4.57 Å². The Morgan fingerprint density at radius 3 is 2.00 bits per heavy atom. The fourth-order valence-corrected chi connectivity index (χ4v) is 6.40. The third-order valence-corrected chi connectivity index (χ3v) is 8.67. The van der Waals surface area contributed by atoms with Gasteiger partial charge in [0.2, 0.25) is 0 Å². The van der Waals surface area contributed by atoms with Crippen LogP contribution in [0.15, 0.2) is 72.8 Å². The second-order valence-corrected chi connectivity index (χ2v) is 10.9. The molecule has 1 aromatic heterocycles. The molecule has 9 heteroatoms. The van der Waals surface area contributed by atoms with Crippen LogP contribution in [0.4, 0.5) is 11.4 Å². The Morgan fingerprint density at radius 2 is 1.42 bits per heavy atom. The van der Waals surface area contributed by atoms with Crippen molar-refractivity contribution in [3.8, 4) is 11.5 Å². The van der Waals surface area contributed by atoms with Crippen LogP contribution in [0.2, 0.25) is 0 Å². The molecule has 0 saturated heterocycles. The van der Waals surface area contributed by atoms with E-state index in [9.17, 15) is 19.8 Å². The first-order chi connectivity index (χ1) is 21.8. The van der Waals surface area contributed by atoms with Crippen LogP contribution in [-0.4, -0.2) is 59.4 Å². The number of hydrogen-bond donors (Lipinski definition) is 2. The Hall–Kier alpha value is -4.20. The van der Waals surface area contributed by atoms with Crippen LogP contribution in [0.1, 0.15) is 51.9 Å². The molecular weight excluding hydrogens is 609 g/mol. The van der Waals surface area contributed by atoms with Gasteiger partial charge in [-0.05, 0) is 40.5 Å². The Bertz CT molecular complexity index is 1840. The highest BCUT2D eigenvalue weighted by Crippen LogP contribution is 2.45. The molecule has 3 heterocycles. The summed E-state index contributed by atoms with van der Waals surface area (Å²) in [5, 5.41) is 24.2. The van der Waals surface area contributed by atoms with E-state index in [0.717, 1.165) is 41.0 Å². The number of aromatic nitrogens is 1. The minimum absolute atomic E-state index is 0.0214. The lowest BCUT2D eigenvalue weighted by molar-refractivity contribution is 0.0980. The van der Waals surface area contributed by atoms with Gasteiger partial charge in [-0.1, -0.05) is 62.4 Å². The molecule has 0 aliphatic carbocycles. The number of likely N-dealkylation sites (N-methyl/N-ethyl adjacent to an activating group) is 1. The first-order valence-corrected chi connectivity index (χ1v) is 16.2. The number of carbonyl (C=O) groups is 2. The van der Waals surface area contributed by atoms with Crippen LogP contribution < -0.4 is 9.80 Å². The number of fused-ring (bicyclic) bond motifs is 6. The van der Waals surface area contributed by atoms with Crippen molar-refractivity contribution in [1.29, 1.82) is 0 Å². The number of phenols is 2. The van der Waals surface area contributed by atoms with E-state index < -0.39 is 0 Å². The van der Waals surface area contributed by atoms with Gasteiger partial charge in [0.15, 0.2) is 6.29 Å². The van der Waals surface area contributed by atoms with Crippen LogP contribution in [0.25, 0.3) is 21.5 Å². The lowest BCUT2D eigenvalue weighted by Crippen LogP contribution is -2.31. The number of benzene rings is 4. The second-order valence-electron chi connectivity index (χ2n) is 10.6. The van der Waals surface area contributed by atoms with Gasteiger partial charge in [-0.3, -0.25) is 9.59 Å². The minimum Gasteiger partial charge on any atom is -0.507 e. The lowest BCUT2D eigenvalue weighted by atomic mass is 9.95. The SMILES string of the molecule is CC.CCl.CN1CCc2c1cc(O)c1ccccc21.Cn1c(C=O)ccc1C(=O)N1CC(CCl)c2c1cc(O)c1ccccc21. The third kappa shape index (κ3) is 6.20. The fraction of sp³-hybridized carbons (Fsp3) is 0.278. The number of anilines is 2. The molecule has 236 valence electrons. The number of nitrogens with zero attached hydrogens (tertiary/aromatic N) is 3. The average molecular weight is 649 g/mol. The zero-order chi connectivity index (χ0) is 32.8. The van der Waals surface area contributed by atoms with Crippen molar-refractivity contribution in [3.63, 3.8) is 0 Å². The summed E-state index contributed by atoms with van der Waals surface area (Å²) in [6, 6.07) is 22.4. The van der Waals surface area contributed by atoms with Crippen molar-refractivity contribution in [2.75, 3.05) is 42.2 Å². The smallest absolute Gasteiger partial charge is 0.274 e. The van der Waals surface area contributed by atoms with Crippen molar-refractivity contribution >= 4 is 68.3 Å². The zero-order valence-corrected chi connectivity index (χ0v) is 27.7. The average Bonchev–Trinajstić information content (AvgIpc) is 3.77. The van der Waals surface area contributed by atoms with E-state index in [2.05, 4.69) is 29.6 Å². The predicted octanol–water partition coefficient (Wildman–Crippen LogP) is 8.10. The van der Waals surface area contributed by atoms with Crippen LogP contribution in [0.3, 0.4) is 0 Å². The third-order valence-electron chi connectivity index (χ3n) is 8.30. The molecule has 7 nitrogen and oxygen atoms in total. The molecule has 1 unspecified atom stereocenters. The molecule has 45 heavy (non-hydrogen) atoms. The highest BCUT2D eigenvalue weighted by molar-refractivity contribution is 6.19. The number of aldehydes is 1. The molecule has 2 aliphatic rings. The zero-order valence-electron chi connectivity index (χ0n) is 26.2. The van der Waals surface area contributed by atoms with E-state index in [-0.39, 0.29) is 17.6 Å². The summed E-state index contributed by atoms with van der Waals surface area (Å²) in [4.78, 5) is 28.0. The standard InChI is InChI=1S/C20H17ClN2O3.C13H13NO.C2H6.CH3Cl/c1-22-13(11-24)6-7-16(22)20(26)23-10-12(9-21)19-15-5-3-2-4-14(15)18(25)8-17(19)23;1-14-7-6-10-9-4-2-3-5-11(9)13(15)8-12(10)14;2*1-2/h2-8,11-12,25H,9-10H2,1H3;2-5,8,15H,6-7H2,1H3;1-2H3;1H3. The number of rotatable bonds is 3. The molecule has 0 radical (unpaired) electrons. The maximum atomic E-state index is 13.1. The molecule has 7 rings (SSSR count). The Morgan fingerprint density at radius 1 is 0.867 bits per heavy atom. The molecule has 5 aromatic rings. The molecule has 1 amide bonds. The molecular formula is C36H39Cl2N3O4. The summed E-state index contributed by atoms with van der Waals surface area (Å²) >= 11 is 10.8. The van der Waals surface area contributed by atoms with E-state index in [1.807, 2.05) is 62.4 Å². The fourth-order valence-electron chi connectivity index (χ4n) is 6.15. The van der Waals surface area contributed by atoms with E-state index in [1.54, 1.807) is 34.7 Å². The lowest BCUT2D eigenvalue weighted by Gasteiger charge is -2.19. The maximum absolute atomic E-state index is 13.1. The number of aromatic hydroxyl groups is 2. The second kappa shape index (κ2) is 14.7. The van der Waals surface area contributed by atoms with Gasteiger partial charge < -0.3 is 24.6 Å². The quantitative estimate of drug-likeness (QED) is 0.153. The largest absolute Gasteiger partial charge is 0.507 e. The predicted molar refractivity (Wildman–Crippen MR) is 187 cm³/mol. The molecule has 0 spiro atoms. The van der Waals surface area contributed by atoms with Gasteiger partial charge >= 0.3 is 0 Å². The summed E-state index contributed by atoms with van der Waals surface area (Å²) in [5.74, 6) is 0.653. The molecule has 2 aliphatic heterocycles. The normalized spacial score (nSPS) is 14.4. The Labute approximate surface area is 274 Å². The highest BCUT2D eigenvalue weighted by Gasteiger charge is 2.35. The van der Waals surface area contributed by atoms with Crippen molar-refractivity contribution < 1.29 is 19.8 Å².